The molecule has 0 unspecified atom stereocenters. The molecule has 26 heavy (non-hydrogen) atoms. The van der Waals surface area contributed by atoms with E-state index in [-0.39, 0.29) is 17.9 Å². The van der Waals surface area contributed by atoms with Crippen LogP contribution in [0.3, 0.4) is 0 Å². The fourth-order valence-electron chi connectivity index (χ4n) is 2.88. The number of nitrogens with zero attached hydrogens (tertiary/aromatic N) is 1. The van der Waals surface area contributed by atoms with Crippen molar-refractivity contribution in [3.05, 3.63) is 85.2 Å². The SMILES string of the molecule is O=[N+]([O-])c1ccc(C(Cl)(Cl)CCc2c(F)ccc3cccc(I)c23)cc1. The Balaban J connectivity index is 1.89. The highest BCUT2D eigenvalue weighted by Crippen LogP contribution is 2.40. The van der Waals surface area contributed by atoms with Gasteiger partial charge >= 0.3 is 0 Å². The maximum absolute atomic E-state index is 14.5. The molecule has 0 aliphatic rings. The minimum Gasteiger partial charge on any atom is -0.258 e. The van der Waals surface area contributed by atoms with Gasteiger partial charge in [0.1, 0.15) is 10.2 Å². The number of non-ortho nitro benzene ring substituents is 1. The van der Waals surface area contributed by atoms with Crippen LogP contribution in [-0.4, -0.2) is 4.92 Å². The summed E-state index contributed by atoms with van der Waals surface area (Å²) < 4.78 is 14.1. The Morgan fingerprint density at radius 3 is 2.42 bits per heavy atom. The molecule has 3 rings (SSSR count). The maximum atomic E-state index is 14.5. The van der Waals surface area contributed by atoms with Gasteiger partial charge in [0, 0.05) is 21.1 Å². The zero-order valence-electron chi connectivity index (χ0n) is 13.4. The minimum atomic E-state index is -1.27. The molecular formula is C19H13Cl2FINO2. The number of aryl methyl sites for hydroxylation is 1. The molecule has 0 fully saturated rings. The van der Waals surface area contributed by atoms with Crippen LogP contribution in [0.15, 0.2) is 54.6 Å². The van der Waals surface area contributed by atoms with Crippen molar-refractivity contribution in [3.8, 4) is 0 Å². The van der Waals surface area contributed by atoms with E-state index in [1.807, 2.05) is 18.2 Å². The molecule has 0 bridgehead atoms. The summed E-state index contributed by atoms with van der Waals surface area (Å²) >= 11 is 15.1. The lowest BCUT2D eigenvalue weighted by Crippen LogP contribution is -2.12. The van der Waals surface area contributed by atoms with Gasteiger partial charge in [0.2, 0.25) is 0 Å². The van der Waals surface area contributed by atoms with Crippen LogP contribution in [0.1, 0.15) is 17.5 Å². The second kappa shape index (κ2) is 7.66. The van der Waals surface area contributed by atoms with Gasteiger partial charge in [-0.15, -0.1) is 0 Å². The highest BCUT2D eigenvalue weighted by molar-refractivity contribution is 14.1. The summed E-state index contributed by atoms with van der Waals surface area (Å²) in [7, 11) is 0. The van der Waals surface area contributed by atoms with Crippen molar-refractivity contribution in [1.29, 1.82) is 0 Å². The van der Waals surface area contributed by atoms with E-state index in [9.17, 15) is 14.5 Å². The van der Waals surface area contributed by atoms with Gasteiger partial charge in [-0.1, -0.05) is 41.4 Å². The zero-order valence-corrected chi connectivity index (χ0v) is 17.1. The molecule has 0 aliphatic heterocycles. The highest BCUT2D eigenvalue weighted by atomic mass is 127. The van der Waals surface area contributed by atoms with Crippen molar-refractivity contribution in [1.82, 2.24) is 0 Å². The van der Waals surface area contributed by atoms with Gasteiger partial charge in [0.25, 0.3) is 5.69 Å². The van der Waals surface area contributed by atoms with Crippen LogP contribution >= 0.6 is 45.8 Å². The molecule has 0 aliphatic carbocycles. The Morgan fingerprint density at radius 2 is 1.77 bits per heavy atom. The van der Waals surface area contributed by atoms with E-state index in [1.54, 1.807) is 6.07 Å². The van der Waals surface area contributed by atoms with Gasteiger partial charge in [-0.3, -0.25) is 10.1 Å². The van der Waals surface area contributed by atoms with Crippen LogP contribution in [0.4, 0.5) is 10.1 Å². The molecule has 0 radical (unpaired) electrons. The molecule has 0 aromatic heterocycles. The van der Waals surface area contributed by atoms with Crippen LogP contribution in [0.2, 0.25) is 0 Å². The Morgan fingerprint density at radius 1 is 1.08 bits per heavy atom. The zero-order chi connectivity index (χ0) is 18.9. The van der Waals surface area contributed by atoms with Gasteiger partial charge in [-0.25, -0.2) is 4.39 Å². The Kier molecular flexibility index (Phi) is 5.69. The monoisotopic (exact) mass is 503 g/mol. The summed E-state index contributed by atoms with van der Waals surface area (Å²) in [5.74, 6) is -0.297. The molecule has 0 atom stereocenters. The van der Waals surface area contributed by atoms with Gasteiger partial charge in [0.05, 0.1) is 4.92 Å². The first kappa shape index (κ1) is 19.3. The minimum absolute atomic E-state index is 0.0347. The summed E-state index contributed by atoms with van der Waals surface area (Å²) in [5, 5.41) is 12.6. The standard InChI is InChI=1S/C19H13Cl2FINO2/c20-19(21,13-5-7-14(8-6-13)24(25)26)11-10-15-16(22)9-4-12-2-1-3-17(23)18(12)15/h1-9H,10-11H2. The van der Waals surface area contributed by atoms with Crippen molar-refractivity contribution < 1.29 is 9.31 Å². The predicted octanol–water partition coefficient (Wildman–Crippen LogP) is 6.75. The Hall–Kier alpha value is -1.44. The third kappa shape index (κ3) is 3.94. The summed E-state index contributed by atoms with van der Waals surface area (Å²) in [6.07, 6.45) is 0.613. The number of alkyl halides is 2. The molecule has 0 amide bonds. The number of nitro groups is 1. The second-order valence-electron chi connectivity index (χ2n) is 5.87. The van der Waals surface area contributed by atoms with Crippen molar-refractivity contribution >= 4 is 62.3 Å². The van der Waals surface area contributed by atoms with E-state index >= 15 is 0 Å². The van der Waals surface area contributed by atoms with Gasteiger partial charge in [0.15, 0.2) is 0 Å². The molecular weight excluding hydrogens is 491 g/mol. The Bertz CT molecular complexity index is 977. The fraction of sp³-hybridized carbons (Fsp3) is 0.158. The first-order valence-electron chi connectivity index (χ1n) is 7.78. The molecule has 0 saturated heterocycles. The average Bonchev–Trinajstić information content (AvgIpc) is 2.61. The third-order valence-electron chi connectivity index (χ3n) is 4.23. The number of rotatable bonds is 5. The quantitative estimate of drug-likeness (QED) is 0.167. The summed E-state index contributed by atoms with van der Waals surface area (Å²) in [4.78, 5) is 10.3. The number of hydrogen-bond acceptors (Lipinski definition) is 2. The first-order valence-corrected chi connectivity index (χ1v) is 9.61. The Labute approximate surface area is 173 Å². The lowest BCUT2D eigenvalue weighted by atomic mass is 9.97. The number of halogens is 4. The molecule has 3 aromatic rings. The van der Waals surface area contributed by atoms with Crippen molar-refractivity contribution in [3.63, 3.8) is 0 Å². The van der Waals surface area contributed by atoms with Gasteiger partial charge in [-0.2, -0.15) is 0 Å². The fourth-order valence-corrected chi connectivity index (χ4v) is 4.16. The molecule has 7 heteroatoms. The first-order chi connectivity index (χ1) is 12.3. The van der Waals surface area contributed by atoms with Crippen LogP contribution in [0.25, 0.3) is 10.8 Å². The number of hydrogen-bond donors (Lipinski definition) is 0. The summed E-state index contributed by atoms with van der Waals surface area (Å²) in [5.41, 5.74) is 1.08. The highest BCUT2D eigenvalue weighted by Gasteiger charge is 2.28. The van der Waals surface area contributed by atoms with Crippen molar-refractivity contribution in [2.75, 3.05) is 0 Å². The number of fused-ring (bicyclic) bond motifs is 1. The van der Waals surface area contributed by atoms with Crippen molar-refractivity contribution in [2.45, 2.75) is 17.2 Å². The third-order valence-corrected chi connectivity index (χ3v) is 5.95. The van der Waals surface area contributed by atoms with Crippen LogP contribution < -0.4 is 0 Å². The lowest BCUT2D eigenvalue weighted by molar-refractivity contribution is -0.384. The second-order valence-corrected chi connectivity index (χ2v) is 8.52. The largest absolute Gasteiger partial charge is 0.269 e. The van der Waals surface area contributed by atoms with Gasteiger partial charge < -0.3 is 0 Å². The van der Waals surface area contributed by atoms with Crippen LogP contribution in [0.5, 0.6) is 0 Å². The average molecular weight is 504 g/mol. The van der Waals surface area contributed by atoms with E-state index < -0.39 is 9.26 Å². The summed E-state index contributed by atoms with van der Waals surface area (Å²) in [6.45, 7) is 0. The van der Waals surface area contributed by atoms with Crippen LogP contribution in [0, 0.1) is 19.5 Å². The molecule has 0 spiro atoms. The van der Waals surface area contributed by atoms with E-state index in [1.165, 1.54) is 30.3 Å². The molecule has 0 N–H and O–H groups in total. The summed E-state index contributed by atoms with van der Waals surface area (Å²) in [6, 6.07) is 14.8. The number of nitro benzene ring substituents is 1. The molecule has 134 valence electrons. The topological polar surface area (TPSA) is 43.1 Å². The maximum Gasteiger partial charge on any atom is 0.269 e. The van der Waals surface area contributed by atoms with E-state index in [4.69, 9.17) is 23.2 Å². The normalized spacial score (nSPS) is 11.7. The van der Waals surface area contributed by atoms with Crippen molar-refractivity contribution in [2.24, 2.45) is 0 Å². The lowest BCUT2D eigenvalue weighted by Gasteiger charge is -2.21. The number of benzene rings is 3. The van der Waals surface area contributed by atoms with E-state index in [2.05, 4.69) is 22.6 Å². The van der Waals surface area contributed by atoms with Gasteiger partial charge in [-0.05, 0) is 76.2 Å². The van der Waals surface area contributed by atoms with E-state index in [0.29, 0.717) is 17.5 Å². The molecule has 0 saturated carbocycles. The predicted molar refractivity (Wildman–Crippen MR) is 111 cm³/mol. The molecule has 3 nitrogen and oxygen atoms in total. The molecule has 3 aromatic carbocycles. The van der Waals surface area contributed by atoms with Crippen LogP contribution in [-0.2, 0) is 10.8 Å². The molecule has 0 heterocycles. The van der Waals surface area contributed by atoms with E-state index in [0.717, 1.165) is 14.3 Å². The smallest absolute Gasteiger partial charge is 0.258 e.